The van der Waals surface area contributed by atoms with Crippen LogP contribution in [-0.4, -0.2) is 4.98 Å². The average molecular weight is 299 g/mol. The number of nitrogens with zero attached hydrogens (tertiary/aromatic N) is 1. The maximum Gasteiger partial charge on any atom is 0.152 e. The number of aromatic nitrogens is 1. The number of halogens is 2. The van der Waals surface area contributed by atoms with E-state index in [2.05, 4.69) is 20.9 Å². The maximum atomic E-state index is 5.74. The van der Waals surface area contributed by atoms with Crippen LogP contribution in [0.25, 0.3) is 0 Å². The standard InChI is InChI=1S/C12H9BrClNO/c13-12-10(6-7-11(14)15-12)16-8-9-4-2-1-3-5-9/h1-7H,8H2. The third kappa shape index (κ3) is 2.97. The number of ether oxygens (including phenoxy) is 1. The van der Waals surface area contributed by atoms with Crippen LogP contribution in [0.1, 0.15) is 5.56 Å². The lowest BCUT2D eigenvalue weighted by Crippen LogP contribution is -1.96. The van der Waals surface area contributed by atoms with Gasteiger partial charge in [0.25, 0.3) is 0 Å². The molecule has 2 rings (SSSR count). The predicted molar refractivity (Wildman–Crippen MR) is 67.7 cm³/mol. The van der Waals surface area contributed by atoms with E-state index in [0.717, 1.165) is 5.56 Å². The smallest absolute Gasteiger partial charge is 0.152 e. The third-order valence-electron chi connectivity index (χ3n) is 2.02. The van der Waals surface area contributed by atoms with Crippen molar-refractivity contribution in [1.82, 2.24) is 4.98 Å². The van der Waals surface area contributed by atoms with Gasteiger partial charge in [-0.15, -0.1) is 0 Å². The fourth-order valence-corrected chi connectivity index (χ4v) is 1.93. The molecule has 1 aromatic carbocycles. The number of benzene rings is 1. The molecule has 0 radical (unpaired) electrons. The first-order valence-corrected chi connectivity index (χ1v) is 5.91. The first-order valence-electron chi connectivity index (χ1n) is 4.74. The van der Waals surface area contributed by atoms with E-state index in [1.807, 2.05) is 30.3 Å². The molecule has 1 aromatic heterocycles. The van der Waals surface area contributed by atoms with Crippen LogP contribution in [0, 0.1) is 0 Å². The molecule has 0 bridgehead atoms. The molecule has 0 atom stereocenters. The molecule has 82 valence electrons. The summed E-state index contributed by atoms with van der Waals surface area (Å²) < 4.78 is 6.23. The van der Waals surface area contributed by atoms with Gasteiger partial charge in [0.1, 0.15) is 16.4 Å². The highest BCUT2D eigenvalue weighted by atomic mass is 79.9. The first kappa shape index (κ1) is 11.4. The van der Waals surface area contributed by atoms with Gasteiger partial charge in [0.2, 0.25) is 0 Å². The summed E-state index contributed by atoms with van der Waals surface area (Å²) >= 11 is 9.04. The Bertz CT molecular complexity index is 476. The van der Waals surface area contributed by atoms with Crippen LogP contribution in [0.5, 0.6) is 5.75 Å². The molecule has 4 heteroatoms. The fourth-order valence-electron chi connectivity index (χ4n) is 1.24. The normalized spacial score (nSPS) is 10.1. The first-order chi connectivity index (χ1) is 7.75. The second-order valence-corrected chi connectivity index (χ2v) is 4.34. The van der Waals surface area contributed by atoms with Crippen molar-refractivity contribution in [2.45, 2.75) is 6.61 Å². The number of hydrogen-bond donors (Lipinski definition) is 0. The molecule has 0 aliphatic rings. The van der Waals surface area contributed by atoms with Gasteiger partial charge in [-0.25, -0.2) is 4.98 Å². The van der Waals surface area contributed by atoms with Crippen LogP contribution in [0.2, 0.25) is 5.15 Å². The van der Waals surface area contributed by atoms with Gasteiger partial charge >= 0.3 is 0 Å². The van der Waals surface area contributed by atoms with Gasteiger partial charge in [-0.05, 0) is 33.6 Å². The molecule has 0 aliphatic heterocycles. The van der Waals surface area contributed by atoms with Crippen molar-refractivity contribution in [3.05, 3.63) is 57.8 Å². The van der Waals surface area contributed by atoms with Gasteiger partial charge in [-0.3, -0.25) is 0 Å². The molecule has 0 N–H and O–H groups in total. The Morgan fingerprint density at radius 2 is 1.88 bits per heavy atom. The average Bonchev–Trinajstić information content (AvgIpc) is 2.29. The van der Waals surface area contributed by atoms with Gasteiger partial charge in [0.05, 0.1) is 0 Å². The van der Waals surface area contributed by atoms with Crippen LogP contribution in [0.3, 0.4) is 0 Å². The van der Waals surface area contributed by atoms with Crippen molar-refractivity contribution in [2.24, 2.45) is 0 Å². The highest BCUT2D eigenvalue weighted by molar-refractivity contribution is 9.10. The topological polar surface area (TPSA) is 22.1 Å². The van der Waals surface area contributed by atoms with Gasteiger partial charge in [-0.1, -0.05) is 41.9 Å². The van der Waals surface area contributed by atoms with Crippen molar-refractivity contribution in [3.63, 3.8) is 0 Å². The summed E-state index contributed by atoms with van der Waals surface area (Å²) in [6.45, 7) is 0.517. The second-order valence-electron chi connectivity index (χ2n) is 3.20. The van der Waals surface area contributed by atoms with Gasteiger partial charge < -0.3 is 4.74 Å². The Morgan fingerprint density at radius 3 is 2.56 bits per heavy atom. The Kier molecular flexibility index (Phi) is 3.80. The third-order valence-corrected chi connectivity index (χ3v) is 2.80. The van der Waals surface area contributed by atoms with E-state index in [0.29, 0.717) is 22.1 Å². The molecule has 0 fully saturated rings. The van der Waals surface area contributed by atoms with Crippen LogP contribution in [-0.2, 0) is 6.61 Å². The summed E-state index contributed by atoms with van der Waals surface area (Å²) in [5, 5.41) is 0.443. The molecule has 2 nitrogen and oxygen atoms in total. The monoisotopic (exact) mass is 297 g/mol. The van der Waals surface area contributed by atoms with Crippen molar-refractivity contribution >= 4 is 27.5 Å². The predicted octanol–water partition coefficient (Wildman–Crippen LogP) is 4.08. The molecule has 16 heavy (non-hydrogen) atoms. The van der Waals surface area contributed by atoms with Gasteiger partial charge in [-0.2, -0.15) is 0 Å². The van der Waals surface area contributed by atoms with Crippen LogP contribution in [0.15, 0.2) is 47.1 Å². The highest BCUT2D eigenvalue weighted by Gasteiger charge is 2.03. The van der Waals surface area contributed by atoms with Crippen molar-refractivity contribution < 1.29 is 4.74 Å². The number of pyridine rings is 1. The molecule has 0 amide bonds. The lowest BCUT2D eigenvalue weighted by atomic mass is 10.2. The van der Waals surface area contributed by atoms with Crippen LogP contribution in [0.4, 0.5) is 0 Å². The lowest BCUT2D eigenvalue weighted by molar-refractivity contribution is 0.302. The summed E-state index contributed by atoms with van der Waals surface area (Å²) in [6, 6.07) is 13.5. The summed E-state index contributed by atoms with van der Waals surface area (Å²) in [4.78, 5) is 4.04. The summed E-state index contributed by atoms with van der Waals surface area (Å²) in [5.41, 5.74) is 1.12. The van der Waals surface area contributed by atoms with E-state index in [1.54, 1.807) is 12.1 Å². The van der Waals surface area contributed by atoms with Crippen LogP contribution < -0.4 is 4.74 Å². The molecule has 2 aromatic rings. The van der Waals surface area contributed by atoms with E-state index in [-0.39, 0.29) is 0 Å². The molecule has 0 saturated heterocycles. The molecule has 0 unspecified atom stereocenters. The SMILES string of the molecule is Clc1ccc(OCc2ccccc2)c(Br)n1. The summed E-state index contributed by atoms with van der Waals surface area (Å²) in [6.07, 6.45) is 0. The highest BCUT2D eigenvalue weighted by Crippen LogP contribution is 2.25. The summed E-state index contributed by atoms with van der Waals surface area (Å²) in [5.74, 6) is 0.688. The molecule has 1 heterocycles. The summed E-state index contributed by atoms with van der Waals surface area (Å²) in [7, 11) is 0. The van der Waals surface area contributed by atoms with E-state index in [9.17, 15) is 0 Å². The lowest BCUT2D eigenvalue weighted by Gasteiger charge is -2.07. The van der Waals surface area contributed by atoms with E-state index < -0.39 is 0 Å². The van der Waals surface area contributed by atoms with Gasteiger partial charge in [0.15, 0.2) is 5.75 Å². The Labute approximate surface area is 107 Å². The van der Waals surface area contributed by atoms with E-state index in [4.69, 9.17) is 16.3 Å². The van der Waals surface area contributed by atoms with Crippen LogP contribution >= 0.6 is 27.5 Å². The quantitative estimate of drug-likeness (QED) is 0.797. The fraction of sp³-hybridized carbons (Fsp3) is 0.0833. The minimum atomic E-state index is 0.443. The van der Waals surface area contributed by atoms with Gasteiger partial charge in [0, 0.05) is 0 Å². The van der Waals surface area contributed by atoms with Crippen molar-refractivity contribution in [1.29, 1.82) is 0 Å². The number of hydrogen-bond acceptors (Lipinski definition) is 2. The van der Waals surface area contributed by atoms with E-state index >= 15 is 0 Å². The molecule has 0 saturated carbocycles. The minimum absolute atomic E-state index is 0.443. The molecule has 0 spiro atoms. The number of rotatable bonds is 3. The maximum absolute atomic E-state index is 5.74. The minimum Gasteiger partial charge on any atom is -0.486 e. The second kappa shape index (κ2) is 5.32. The molecular formula is C12H9BrClNO. The Hall–Kier alpha value is -1.06. The Balaban J connectivity index is 2.05. The van der Waals surface area contributed by atoms with Crippen molar-refractivity contribution in [3.8, 4) is 5.75 Å². The zero-order valence-corrected chi connectivity index (χ0v) is 10.7. The molecular weight excluding hydrogens is 289 g/mol. The Morgan fingerprint density at radius 1 is 1.12 bits per heavy atom. The molecule has 0 aliphatic carbocycles. The van der Waals surface area contributed by atoms with E-state index in [1.165, 1.54) is 0 Å². The zero-order chi connectivity index (χ0) is 11.4. The zero-order valence-electron chi connectivity index (χ0n) is 8.36. The largest absolute Gasteiger partial charge is 0.486 e. The van der Waals surface area contributed by atoms with Crippen molar-refractivity contribution in [2.75, 3.05) is 0 Å².